The molecule has 1 aliphatic heterocycles. The maximum Gasteiger partial charge on any atom is 0.303 e. The molecule has 1 aromatic carbocycles. The van der Waals surface area contributed by atoms with E-state index in [0.29, 0.717) is 13.1 Å². The van der Waals surface area contributed by atoms with Crippen molar-refractivity contribution in [3.05, 3.63) is 34.6 Å². The molecule has 108 valence electrons. The van der Waals surface area contributed by atoms with Crippen LogP contribution in [0.1, 0.15) is 29.6 Å². The monoisotopic (exact) mass is 299 g/mol. The summed E-state index contributed by atoms with van der Waals surface area (Å²) in [6.07, 6.45) is 1.51. The molecule has 1 unspecified atom stereocenters. The number of piperidine rings is 1. The number of rotatable bonds is 3. The second kappa shape index (κ2) is 6.22. The molecule has 1 amide bonds. The first-order chi connectivity index (χ1) is 9.49. The summed E-state index contributed by atoms with van der Waals surface area (Å²) < 4.78 is 13.7. The smallest absolute Gasteiger partial charge is 0.303 e. The standard InChI is InChI=1S/C14H15ClFNO3/c15-10-4-1-5-11(16)13(10)14(20)17-6-2-3-9(8-17)7-12(18)19/h1,4-5,9H,2-3,6-8H2,(H,18,19). The number of carbonyl (C=O) groups excluding carboxylic acids is 1. The van der Waals surface area contributed by atoms with Crippen molar-refractivity contribution in [2.24, 2.45) is 5.92 Å². The normalized spacial score (nSPS) is 18.9. The van der Waals surface area contributed by atoms with Crippen molar-refractivity contribution in [3.8, 4) is 0 Å². The van der Waals surface area contributed by atoms with Crippen molar-refractivity contribution >= 4 is 23.5 Å². The van der Waals surface area contributed by atoms with E-state index in [1.165, 1.54) is 23.1 Å². The van der Waals surface area contributed by atoms with Gasteiger partial charge in [0.15, 0.2) is 0 Å². The maximum atomic E-state index is 13.7. The van der Waals surface area contributed by atoms with Crippen LogP contribution in [0.15, 0.2) is 18.2 Å². The largest absolute Gasteiger partial charge is 0.481 e. The van der Waals surface area contributed by atoms with E-state index in [4.69, 9.17) is 16.7 Å². The van der Waals surface area contributed by atoms with Gasteiger partial charge >= 0.3 is 5.97 Å². The Bertz CT molecular complexity index is 515. The quantitative estimate of drug-likeness (QED) is 0.933. The molecule has 0 spiro atoms. The minimum atomic E-state index is -0.881. The van der Waals surface area contributed by atoms with E-state index in [2.05, 4.69) is 0 Å². The number of carboxylic acids is 1. The lowest BCUT2D eigenvalue weighted by atomic mass is 9.94. The van der Waals surface area contributed by atoms with E-state index >= 15 is 0 Å². The molecule has 1 saturated heterocycles. The Balaban J connectivity index is 2.14. The van der Waals surface area contributed by atoms with Crippen molar-refractivity contribution in [1.29, 1.82) is 0 Å². The average Bonchev–Trinajstić information content (AvgIpc) is 2.38. The van der Waals surface area contributed by atoms with Gasteiger partial charge in [-0.25, -0.2) is 4.39 Å². The highest BCUT2D eigenvalue weighted by molar-refractivity contribution is 6.33. The van der Waals surface area contributed by atoms with Crippen molar-refractivity contribution in [3.63, 3.8) is 0 Å². The van der Waals surface area contributed by atoms with E-state index in [9.17, 15) is 14.0 Å². The molecule has 1 heterocycles. The van der Waals surface area contributed by atoms with Gasteiger partial charge in [0.1, 0.15) is 5.82 Å². The van der Waals surface area contributed by atoms with Crippen LogP contribution >= 0.6 is 11.6 Å². The number of carbonyl (C=O) groups is 2. The zero-order chi connectivity index (χ0) is 14.7. The summed E-state index contributed by atoms with van der Waals surface area (Å²) in [7, 11) is 0. The highest BCUT2D eigenvalue weighted by Gasteiger charge is 2.28. The second-order valence-electron chi connectivity index (χ2n) is 4.95. The lowest BCUT2D eigenvalue weighted by molar-refractivity contribution is -0.138. The molecule has 0 aromatic heterocycles. The lowest BCUT2D eigenvalue weighted by Gasteiger charge is -2.32. The van der Waals surface area contributed by atoms with E-state index in [1.807, 2.05) is 0 Å². The molecular formula is C14H15ClFNO3. The molecular weight excluding hydrogens is 285 g/mol. The van der Waals surface area contributed by atoms with Crippen LogP contribution in [0, 0.1) is 11.7 Å². The number of carboxylic acid groups (broad SMARTS) is 1. The van der Waals surface area contributed by atoms with Gasteiger partial charge in [0, 0.05) is 19.5 Å². The summed E-state index contributed by atoms with van der Waals surface area (Å²) >= 11 is 5.88. The van der Waals surface area contributed by atoms with Crippen LogP contribution in [0.3, 0.4) is 0 Å². The van der Waals surface area contributed by atoms with Crippen molar-refractivity contribution in [2.75, 3.05) is 13.1 Å². The van der Waals surface area contributed by atoms with Crippen LogP contribution in [0.25, 0.3) is 0 Å². The van der Waals surface area contributed by atoms with Crippen LogP contribution in [0.2, 0.25) is 5.02 Å². The number of benzene rings is 1. The fourth-order valence-corrected chi connectivity index (χ4v) is 2.77. The molecule has 4 nitrogen and oxygen atoms in total. The van der Waals surface area contributed by atoms with Crippen molar-refractivity contribution in [2.45, 2.75) is 19.3 Å². The number of hydrogen-bond acceptors (Lipinski definition) is 2. The maximum absolute atomic E-state index is 13.7. The van der Waals surface area contributed by atoms with Gasteiger partial charge in [-0.15, -0.1) is 0 Å². The Kier molecular flexibility index (Phi) is 4.60. The van der Waals surface area contributed by atoms with Crippen LogP contribution < -0.4 is 0 Å². The van der Waals surface area contributed by atoms with Crippen LogP contribution in [0.5, 0.6) is 0 Å². The predicted octanol–water partition coefficient (Wildman–Crippen LogP) is 2.81. The number of hydrogen-bond donors (Lipinski definition) is 1. The number of amides is 1. The van der Waals surface area contributed by atoms with Crippen LogP contribution in [-0.4, -0.2) is 35.0 Å². The van der Waals surface area contributed by atoms with Gasteiger partial charge in [0.05, 0.1) is 10.6 Å². The highest BCUT2D eigenvalue weighted by atomic mass is 35.5. The topological polar surface area (TPSA) is 57.6 Å². The Hall–Kier alpha value is -1.62. The summed E-state index contributed by atoms with van der Waals surface area (Å²) in [5, 5.41) is 8.89. The summed E-state index contributed by atoms with van der Waals surface area (Å²) in [6, 6.07) is 4.10. The number of halogens is 2. The number of aliphatic carboxylic acids is 1. The summed E-state index contributed by atoms with van der Waals surface area (Å²) in [6.45, 7) is 0.829. The summed E-state index contributed by atoms with van der Waals surface area (Å²) in [5.41, 5.74) is -0.134. The molecule has 0 aliphatic carbocycles. The van der Waals surface area contributed by atoms with E-state index in [-0.39, 0.29) is 22.9 Å². The van der Waals surface area contributed by atoms with Crippen LogP contribution in [0.4, 0.5) is 4.39 Å². The predicted molar refractivity (Wildman–Crippen MR) is 72.3 cm³/mol. The second-order valence-corrected chi connectivity index (χ2v) is 5.36. The molecule has 0 bridgehead atoms. The molecule has 0 saturated carbocycles. The average molecular weight is 300 g/mol. The molecule has 1 atom stereocenters. The zero-order valence-corrected chi connectivity index (χ0v) is 11.6. The van der Waals surface area contributed by atoms with E-state index in [0.717, 1.165) is 12.8 Å². The minimum Gasteiger partial charge on any atom is -0.481 e. The fraction of sp³-hybridized carbons (Fsp3) is 0.429. The van der Waals surface area contributed by atoms with Gasteiger partial charge in [-0.1, -0.05) is 17.7 Å². The third-order valence-corrected chi connectivity index (χ3v) is 3.76. The Morgan fingerprint density at radius 1 is 1.45 bits per heavy atom. The molecule has 1 aliphatic rings. The molecule has 20 heavy (non-hydrogen) atoms. The van der Waals surface area contributed by atoms with Crippen LogP contribution in [-0.2, 0) is 4.79 Å². The molecule has 2 rings (SSSR count). The summed E-state index contributed by atoms with van der Waals surface area (Å²) in [5.74, 6) is -2.09. The molecule has 6 heteroatoms. The summed E-state index contributed by atoms with van der Waals surface area (Å²) in [4.78, 5) is 24.6. The third-order valence-electron chi connectivity index (χ3n) is 3.45. The fourth-order valence-electron chi connectivity index (χ4n) is 2.52. The van der Waals surface area contributed by atoms with Gasteiger partial charge < -0.3 is 10.0 Å². The first kappa shape index (κ1) is 14.8. The van der Waals surface area contributed by atoms with Gasteiger partial charge in [0.2, 0.25) is 0 Å². The number of nitrogens with zero attached hydrogens (tertiary/aromatic N) is 1. The van der Waals surface area contributed by atoms with E-state index in [1.54, 1.807) is 0 Å². The minimum absolute atomic E-state index is 0.0226. The van der Waals surface area contributed by atoms with E-state index < -0.39 is 17.7 Å². The molecule has 0 radical (unpaired) electrons. The third kappa shape index (κ3) is 3.28. The Morgan fingerprint density at radius 2 is 2.20 bits per heavy atom. The lowest BCUT2D eigenvalue weighted by Crippen LogP contribution is -2.41. The van der Waals surface area contributed by atoms with Gasteiger partial charge in [-0.3, -0.25) is 9.59 Å². The highest BCUT2D eigenvalue weighted by Crippen LogP contribution is 2.25. The zero-order valence-electron chi connectivity index (χ0n) is 10.8. The van der Waals surface area contributed by atoms with Gasteiger partial charge in [-0.05, 0) is 30.9 Å². The number of likely N-dealkylation sites (tertiary alicyclic amines) is 1. The van der Waals surface area contributed by atoms with Gasteiger partial charge in [-0.2, -0.15) is 0 Å². The first-order valence-corrected chi connectivity index (χ1v) is 6.82. The van der Waals surface area contributed by atoms with Crippen molar-refractivity contribution < 1.29 is 19.1 Å². The molecule has 1 fully saturated rings. The molecule has 1 aromatic rings. The SMILES string of the molecule is O=C(O)CC1CCCN(C(=O)c2c(F)cccc2Cl)C1. The Morgan fingerprint density at radius 3 is 2.85 bits per heavy atom. The molecule has 1 N–H and O–H groups in total. The van der Waals surface area contributed by atoms with Crippen molar-refractivity contribution in [1.82, 2.24) is 4.90 Å². The first-order valence-electron chi connectivity index (χ1n) is 6.44. The van der Waals surface area contributed by atoms with Gasteiger partial charge in [0.25, 0.3) is 5.91 Å². The Labute approximate surface area is 121 Å².